The third-order valence-electron chi connectivity index (χ3n) is 5.43. The lowest BCUT2D eigenvalue weighted by Crippen LogP contribution is -2.52. The van der Waals surface area contributed by atoms with E-state index in [1.165, 1.54) is 31.1 Å². The normalized spacial score (nSPS) is 12.3. The van der Waals surface area contributed by atoms with E-state index in [1.54, 1.807) is 31.2 Å². The van der Waals surface area contributed by atoms with Gasteiger partial charge >= 0.3 is 10.2 Å². The Hall–Kier alpha value is -2.69. The zero-order valence-electron chi connectivity index (χ0n) is 20.4. The lowest BCUT2D eigenvalue weighted by molar-refractivity contribution is -0.139. The molecule has 0 aromatic heterocycles. The summed E-state index contributed by atoms with van der Waals surface area (Å²) in [4.78, 5) is 27.7. The monoisotopic (exact) mass is 526 g/mol. The van der Waals surface area contributed by atoms with Crippen LogP contribution >= 0.6 is 11.6 Å². The highest BCUT2D eigenvalue weighted by Gasteiger charge is 2.32. The zero-order chi connectivity index (χ0) is 26.2. The van der Waals surface area contributed by atoms with Crippen LogP contribution in [0.1, 0.15) is 32.3 Å². The fraction of sp³-hybridized carbons (Fsp3) is 0.417. The van der Waals surface area contributed by atoms with Crippen LogP contribution < -0.4 is 9.62 Å². The van der Waals surface area contributed by atoms with Gasteiger partial charge in [-0.2, -0.15) is 12.7 Å². The van der Waals surface area contributed by atoms with Crippen molar-refractivity contribution in [3.63, 3.8) is 0 Å². The van der Waals surface area contributed by atoms with Crippen LogP contribution in [0.25, 0.3) is 0 Å². The van der Waals surface area contributed by atoms with Gasteiger partial charge in [0.05, 0.1) is 5.69 Å². The summed E-state index contributed by atoms with van der Waals surface area (Å²) < 4.78 is 41.4. The molecular formula is C24H32ClFN4O4S. The van der Waals surface area contributed by atoms with Crippen molar-refractivity contribution < 1.29 is 22.4 Å². The molecule has 0 radical (unpaired) electrons. The number of nitrogens with one attached hydrogen (secondary N) is 1. The predicted octanol–water partition coefficient (Wildman–Crippen LogP) is 3.43. The van der Waals surface area contributed by atoms with Gasteiger partial charge in [0.1, 0.15) is 18.4 Å². The molecule has 2 aromatic carbocycles. The van der Waals surface area contributed by atoms with Crippen molar-refractivity contribution in [1.82, 2.24) is 14.5 Å². The van der Waals surface area contributed by atoms with Crippen molar-refractivity contribution in [2.45, 2.75) is 39.3 Å². The summed E-state index contributed by atoms with van der Waals surface area (Å²) in [6, 6.07) is 10.8. The number of hydrogen-bond donors (Lipinski definition) is 1. The third kappa shape index (κ3) is 7.65. The summed E-state index contributed by atoms with van der Waals surface area (Å²) in [5.74, 6) is -1.51. The molecule has 0 aliphatic carbocycles. The van der Waals surface area contributed by atoms with Gasteiger partial charge in [-0.15, -0.1) is 0 Å². The minimum Gasteiger partial charge on any atom is -0.354 e. The molecule has 0 saturated heterocycles. The Bertz CT molecular complexity index is 1110. The first-order chi connectivity index (χ1) is 16.5. The Morgan fingerprint density at radius 2 is 1.71 bits per heavy atom. The van der Waals surface area contributed by atoms with Gasteiger partial charge in [-0.05, 0) is 49.2 Å². The fourth-order valence-corrected chi connectivity index (χ4v) is 4.50. The van der Waals surface area contributed by atoms with Crippen molar-refractivity contribution in [3.8, 4) is 0 Å². The number of benzene rings is 2. The molecule has 2 aromatic rings. The first-order valence-electron chi connectivity index (χ1n) is 11.2. The first-order valence-corrected chi connectivity index (χ1v) is 13.0. The van der Waals surface area contributed by atoms with Gasteiger partial charge in [0, 0.05) is 32.2 Å². The Kier molecular flexibility index (Phi) is 10.5. The first kappa shape index (κ1) is 28.5. The second-order valence-electron chi connectivity index (χ2n) is 8.21. The van der Waals surface area contributed by atoms with E-state index >= 15 is 0 Å². The largest absolute Gasteiger partial charge is 0.354 e. The number of amides is 2. The average molecular weight is 527 g/mol. The van der Waals surface area contributed by atoms with Gasteiger partial charge in [0.25, 0.3) is 0 Å². The van der Waals surface area contributed by atoms with E-state index in [-0.39, 0.29) is 18.1 Å². The molecule has 0 bridgehead atoms. The number of carbonyl (C=O) groups is 2. The van der Waals surface area contributed by atoms with E-state index in [0.717, 1.165) is 33.6 Å². The number of hydrogen-bond acceptors (Lipinski definition) is 4. The lowest BCUT2D eigenvalue weighted by atomic mass is 10.1. The number of nitrogens with zero attached hydrogens (tertiary/aromatic N) is 3. The van der Waals surface area contributed by atoms with Gasteiger partial charge in [0.2, 0.25) is 11.8 Å². The van der Waals surface area contributed by atoms with Crippen LogP contribution in [0, 0.1) is 5.82 Å². The van der Waals surface area contributed by atoms with Crippen molar-refractivity contribution in [3.05, 3.63) is 64.9 Å². The second kappa shape index (κ2) is 12.9. The second-order valence-corrected chi connectivity index (χ2v) is 10.7. The lowest BCUT2D eigenvalue weighted by Gasteiger charge is -2.33. The topological polar surface area (TPSA) is 90.0 Å². The molecule has 2 rings (SSSR count). The maximum Gasteiger partial charge on any atom is 0.304 e. The minimum atomic E-state index is -4.11. The van der Waals surface area contributed by atoms with Crippen molar-refractivity contribution in [2.75, 3.05) is 31.5 Å². The summed E-state index contributed by atoms with van der Waals surface area (Å²) in [7, 11) is -1.44. The van der Waals surface area contributed by atoms with Crippen LogP contribution in [0.4, 0.5) is 10.1 Å². The smallest absolute Gasteiger partial charge is 0.304 e. The molecule has 192 valence electrons. The molecule has 0 heterocycles. The highest BCUT2D eigenvalue weighted by molar-refractivity contribution is 7.90. The van der Waals surface area contributed by atoms with Gasteiger partial charge in [-0.1, -0.05) is 43.1 Å². The minimum absolute atomic E-state index is 0.000140. The van der Waals surface area contributed by atoms with Gasteiger partial charge < -0.3 is 10.2 Å². The third-order valence-corrected chi connectivity index (χ3v) is 7.62. The molecule has 0 aliphatic heterocycles. The fourth-order valence-electron chi connectivity index (χ4n) is 3.25. The van der Waals surface area contributed by atoms with E-state index in [2.05, 4.69) is 5.32 Å². The maximum absolute atomic E-state index is 13.6. The molecule has 0 fully saturated rings. The van der Waals surface area contributed by atoms with E-state index in [0.29, 0.717) is 17.1 Å². The summed E-state index contributed by atoms with van der Waals surface area (Å²) >= 11 is 6.30. The van der Waals surface area contributed by atoms with Crippen LogP contribution in [0.15, 0.2) is 48.5 Å². The summed E-state index contributed by atoms with van der Waals surface area (Å²) in [5, 5.41) is 3.23. The summed E-state index contributed by atoms with van der Waals surface area (Å²) in [6.07, 6.45) is 1.68. The number of anilines is 1. The quantitative estimate of drug-likeness (QED) is 0.429. The Balaban J connectivity index is 2.42. The summed E-state index contributed by atoms with van der Waals surface area (Å²) in [5.41, 5.74) is 0.728. The molecule has 35 heavy (non-hydrogen) atoms. The van der Waals surface area contributed by atoms with Crippen molar-refractivity contribution >= 4 is 39.3 Å². The van der Waals surface area contributed by atoms with Crippen molar-refractivity contribution in [2.24, 2.45) is 0 Å². The molecule has 1 atom stereocenters. The van der Waals surface area contributed by atoms with Gasteiger partial charge in [0.15, 0.2) is 0 Å². The molecule has 1 unspecified atom stereocenters. The van der Waals surface area contributed by atoms with Gasteiger partial charge in [-0.25, -0.2) is 8.70 Å². The SMILES string of the molecule is CCCCNC(=O)C(C)N(Cc1ccccc1Cl)C(=O)CN(c1ccc(F)cc1)S(=O)(=O)N(C)C. The van der Waals surface area contributed by atoms with E-state index < -0.39 is 34.5 Å². The van der Waals surface area contributed by atoms with E-state index in [1.807, 2.05) is 6.92 Å². The predicted molar refractivity (Wildman–Crippen MR) is 136 cm³/mol. The number of carbonyl (C=O) groups excluding carboxylic acids is 2. The van der Waals surface area contributed by atoms with Crippen LogP contribution in [-0.4, -0.2) is 62.7 Å². The average Bonchev–Trinajstić information content (AvgIpc) is 2.82. The molecule has 2 amide bonds. The highest BCUT2D eigenvalue weighted by Crippen LogP contribution is 2.23. The van der Waals surface area contributed by atoms with Crippen LogP contribution in [0.5, 0.6) is 0 Å². The molecular weight excluding hydrogens is 495 g/mol. The molecule has 11 heteroatoms. The van der Waals surface area contributed by atoms with E-state index in [4.69, 9.17) is 11.6 Å². The molecule has 0 spiro atoms. The number of rotatable bonds is 12. The molecule has 0 saturated carbocycles. The standard InChI is InChI=1S/C24H32ClFN4O4S/c1-5-6-15-27-24(32)18(2)29(16-19-9-7-8-10-22(19)25)23(31)17-30(35(33,34)28(3)4)21-13-11-20(26)12-14-21/h7-14,18H,5-6,15-17H2,1-4H3,(H,27,32). The summed E-state index contributed by atoms with van der Waals surface area (Å²) in [6.45, 7) is 3.45. The van der Waals surface area contributed by atoms with E-state index in [9.17, 15) is 22.4 Å². The van der Waals surface area contributed by atoms with Crippen LogP contribution in [0.3, 0.4) is 0 Å². The zero-order valence-corrected chi connectivity index (χ0v) is 21.9. The Morgan fingerprint density at radius 3 is 2.29 bits per heavy atom. The molecule has 8 nitrogen and oxygen atoms in total. The Labute approximate surface area is 211 Å². The Morgan fingerprint density at radius 1 is 1.09 bits per heavy atom. The molecule has 1 N–H and O–H groups in total. The van der Waals surface area contributed by atoms with Crippen LogP contribution in [0.2, 0.25) is 5.02 Å². The van der Waals surface area contributed by atoms with Gasteiger partial charge in [-0.3, -0.25) is 9.59 Å². The molecule has 0 aliphatic rings. The number of halogens is 2. The highest BCUT2D eigenvalue weighted by atomic mass is 35.5. The van der Waals surface area contributed by atoms with Crippen molar-refractivity contribution in [1.29, 1.82) is 0 Å². The van der Waals surface area contributed by atoms with Crippen LogP contribution in [-0.2, 0) is 26.3 Å². The number of unbranched alkanes of at least 4 members (excludes halogenated alkanes) is 1. The maximum atomic E-state index is 13.6.